The van der Waals surface area contributed by atoms with Crippen molar-refractivity contribution < 1.29 is 19.4 Å². The molecule has 0 unspecified atom stereocenters. The number of fused-ring (bicyclic) bond motifs is 1. The number of rotatable bonds is 10. The Morgan fingerprint density at radius 2 is 2.04 bits per heavy atom. The highest BCUT2D eigenvalue weighted by Crippen LogP contribution is 2.26. The Morgan fingerprint density at radius 1 is 1.26 bits per heavy atom. The summed E-state index contributed by atoms with van der Waals surface area (Å²) in [5, 5.41) is 10.2. The van der Waals surface area contributed by atoms with Crippen molar-refractivity contribution in [2.45, 2.75) is 46.0 Å². The summed E-state index contributed by atoms with van der Waals surface area (Å²) < 4.78 is 5.37. The first kappa shape index (κ1) is 20.8. The molecule has 0 atom stereocenters. The minimum atomic E-state index is 0.0783. The fourth-order valence-corrected chi connectivity index (χ4v) is 2.91. The molecule has 0 bridgehead atoms. The predicted octanol–water partition coefficient (Wildman–Crippen LogP) is 4.99. The minimum absolute atomic E-state index is 0.0783. The second-order valence-corrected chi connectivity index (χ2v) is 6.95. The van der Waals surface area contributed by atoms with Gasteiger partial charge in [-0.25, -0.2) is 0 Å². The van der Waals surface area contributed by atoms with Gasteiger partial charge in [-0.05, 0) is 48.1 Å². The molecule has 4 heteroatoms. The fourth-order valence-electron chi connectivity index (χ4n) is 2.91. The van der Waals surface area contributed by atoms with E-state index in [0.29, 0.717) is 18.4 Å². The van der Waals surface area contributed by atoms with Crippen molar-refractivity contribution in [1.29, 1.82) is 0 Å². The number of unbranched alkanes of at least 4 members (excludes halogenated alkanes) is 1. The summed E-state index contributed by atoms with van der Waals surface area (Å²) in [6.07, 6.45) is 7.08. The summed E-state index contributed by atoms with van der Waals surface area (Å²) in [5.41, 5.74) is 4.21. The van der Waals surface area contributed by atoms with Crippen molar-refractivity contribution >= 4 is 17.1 Å². The number of aliphatic hydroxyl groups is 1. The van der Waals surface area contributed by atoms with Crippen LogP contribution in [0.4, 0.5) is 0 Å². The van der Waals surface area contributed by atoms with Gasteiger partial charge in [0.1, 0.15) is 12.4 Å². The van der Waals surface area contributed by atoms with E-state index in [1.807, 2.05) is 25.1 Å². The summed E-state index contributed by atoms with van der Waals surface area (Å²) in [7, 11) is 0. The Balaban J connectivity index is 1.89. The van der Waals surface area contributed by atoms with E-state index in [4.69, 9.17) is 4.74 Å². The lowest BCUT2D eigenvalue weighted by Gasteiger charge is -2.06. The van der Waals surface area contributed by atoms with Crippen molar-refractivity contribution in [3.63, 3.8) is 0 Å². The molecule has 27 heavy (non-hydrogen) atoms. The lowest BCUT2D eigenvalue weighted by molar-refractivity contribution is -0.123. The van der Waals surface area contributed by atoms with Crippen LogP contribution in [0, 0.1) is 0 Å². The molecular formula is C23H28O4. The van der Waals surface area contributed by atoms with Gasteiger partial charge in [0, 0.05) is 18.4 Å². The Bertz CT molecular complexity index is 784. The maximum absolute atomic E-state index is 11.7. The molecule has 1 N–H and O–H groups in total. The number of aliphatic hydroxyl groups excluding tert-OH is 1. The first-order chi connectivity index (χ1) is 12.9. The lowest BCUT2D eigenvalue weighted by atomic mass is 10.0. The molecule has 144 valence electrons. The first-order valence-corrected chi connectivity index (χ1v) is 9.44. The van der Waals surface area contributed by atoms with E-state index in [1.165, 1.54) is 0 Å². The number of benzene rings is 1. The summed E-state index contributed by atoms with van der Waals surface area (Å²) in [6, 6.07) is 5.72. The molecule has 0 fully saturated rings. The molecule has 0 saturated heterocycles. The molecule has 1 aliphatic rings. The van der Waals surface area contributed by atoms with Crippen LogP contribution in [0.15, 0.2) is 48.3 Å². The van der Waals surface area contributed by atoms with Crippen LogP contribution in [0.3, 0.4) is 0 Å². The van der Waals surface area contributed by atoms with Crippen LogP contribution in [0.2, 0.25) is 0 Å². The second-order valence-electron chi connectivity index (χ2n) is 6.95. The molecule has 1 aliphatic carbocycles. The van der Waals surface area contributed by atoms with Gasteiger partial charge in [-0.2, -0.15) is 0 Å². The van der Waals surface area contributed by atoms with Crippen molar-refractivity contribution in [3.05, 3.63) is 65.0 Å². The third-order valence-corrected chi connectivity index (χ3v) is 4.67. The fraction of sp³-hybridized carbons (Fsp3) is 0.391. The summed E-state index contributed by atoms with van der Waals surface area (Å²) in [4.78, 5) is 23.3. The van der Waals surface area contributed by atoms with Gasteiger partial charge in [-0.15, -0.1) is 0 Å². The van der Waals surface area contributed by atoms with Crippen LogP contribution in [0.5, 0.6) is 0 Å². The number of allylic oxidation sites excluding steroid dienone is 3. The monoisotopic (exact) mass is 368 g/mol. The predicted molar refractivity (Wildman–Crippen MR) is 108 cm³/mol. The number of hydrogen-bond donors (Lipinski definition) is 1. The van der Waals surface area contributed by atoms with Crippen LogP contribution in [0.1, 0.15) is 61.0 Å². The Hall–Kier alpha value is -2.46. The van der Waals surface area contributed by atoms with E-state index in [-0.39, 0.29) is 30.5 Å². The summed E-state index contributed by atoms with van der Waals surface area (Å²) in [6.45, 7) is 8.13. The largest absolute Gasteiger partial charge is 0.508 e. The molecule has 0 spiro atoms. The van der Waals surface area contributed by atoms with Crippen molar-refractivity contribution in [1.82, 2.24) is 0 Å². The molecule has 1 aromatic rings. The highest BCUT2D eigenvalue weighted by Gasteiger charge is 2.19. The van der Waals surface area contributed by atoms with Gasteiger partial charge < -0.3 is 9.84 Å². The van der Waals surface area contributed by atoms with E-state index in [9.17, 15) is 14.7 Å². The van der Waals surface area contributed by atoms with Crippen molar-refractivity contribution in [3.8, 4) is 0 Å². The zero-order chi connectivity index (χ0) is 19.8. The number of Topliss-reactive ketones (excluding diaryl/α,β-unsaturated/α-hetero) is 2. The topological polar surface area (TPSA) is 63.6 Å². The maximum Gasteiger partial charge on any atom is 0.163 e. The number of ether oxygens (including phenoxy) is 1. The maximum atomic E-state index is 11.7. The van der Waals surface area contributed by atoms with E-state index >= 15 is 0 Å². The number of carbonyl (C=O) groups excluding carboxylic acids is 2. The molecule has 0 aliphatic heterocycles. The summed E-state index contributed by atoms with van der Waals surface area (Å²) >= 11 is 0. The normalized spacial score (nSPS) is 14.4. The second kappa shape index (κ2) is 10.0. The smallest absolute Gasteiger partial charge is 0.163 e. The van der Waals surface area contributed by atoms with Crippen molar-refractivity contribution in [2.75, 3.05) is 13.2 Å². The standard InChI is InChI=1S/C23H28O4/c1-4-5-6-20(24)15-27-14-17(3)22(25)11-7-16(2)18-8-10-21-19(13-18)9-12-23(21)26/h7-8,10-11,13,25H,2,4-6,9,12,14-15H2,1,3H3/b11-7-,22-17+. The zero-order valence-corrected chi connectivity index (χ0v) is 16.2. The van der Waals surface area contributed by atoms with E-state index < -0.39 is 0 Å². The molecule has 4 nitrogen and oxygen atoms in total. The zero-order valence-electron chi connectivity index (χ0n) is 16.2. The molecular weight excluding hydrogens is 340 g/mol. The minimum Gasteiger partial charge on any atom is -0.508 e. The molecule has 0 heterocycles. The van der Waals surface area contributed by atoms with Gasteiger partial charge in [0.25, 0.3) is 0 Å². The van der Waals surface area contributed by atoms with E-state index in [0.717, 1.165) is 41.5 Å². The number of aryl methyl sites for hydroxylation is 1. The lowest BCUT2D eigenvalue weighted by Crippen LogP contribution is -2.10. The molecule has 0 amide bonds. The highest BCUT2D eigenvalue weighted by atomic mass is 16.5. The van der Waals surface area contributed by atoms with Crippen LogP contribution < -0.4 is 0 Å². The number of carbonyl (C=O) groups is 2. The SMILES string of the molecule is C=C(/C=C\C(O)=C(\C)COCC(=O)CCCC)c1ccc2c(c1)CCC2=O. The van der Waals surface area contributed by atoms with Gasteiger partial charge in [0.15, 0.2) is 11.6 Å². The van der Waals surface area contributed by atoms with Gasteiger partial charge in [-0.3, -0.25) is 9.59 Å². The Labute approximate surface area is 161 Å². The first-order valence-electron chi connectivity index (χ1n) is 9.44. The van der Waals surface area contributed by atoms with Gasteiger partial charge >= 0.3 is 0 Å². The van der Waals surface area contributed by atoms with Crippen LogP contribution in [-0.4, -0.2) is 29.9 Å². The average molecular weight is 368 g/mol. The Kier molecular flexibility index (Phi) is 7.74. The third-order valence-electron chi connectivity index (χ3n) is 4.67. The van der Waals surface area contributed by atoms with Gasteiger partial charge in [0.05, 0.1) is 6.61 Å². The van der Waals surface area contributed by atoms with Crippen LogP contribution in [-0.2, 0) is 16.0 Å². The highest BCUT2D eigenvalue weighted by molar-refractivity contribution is 6.00. The van der Waals surface area contributed by atoms with Crippen molar-refractivity contribution in [2.24, 2.45) is 0 Å². The molecule has 1 aromatic carbocycles. The van der Waals surface area contributed by atoms with E-state index in [1.54, 1.807) is 19.1 Å². The quantitative estimate of drug-likeness (QED) is 0.467. The molecule has 2 rings (SSSR count). The number of hydrogen-bond acceptors (Lipinski definition) is 4. The average Bonchev–Trinajstić information content (AvgIpc) is 3.04. The van der Waals surface area contributed by atoms with Crippen LogP contribution >= 0.6 is 0 Å². The molecule has 0 saturated carbocycles. The van der Waals surface area contributed by atoms with Crippen LogP contribution in [0.25, 0.3) is 5.57 Å². The summed E-state index contributed by atoms with van der Waals surface area (Å²) in [5.74, 6) is 0.388. The van der Waals surface area contributed by atoms with E-state index in [2.05, 4.69) is 6.58 Å². The third kappa shape index (κ3) is 6.04. The van der Waals surface area contributed by atoms with Gasteiger partial charge in [-0.1, -0.05) is 44.2 Å². The molecule has 0 aromatic heterocycles. The Morgan fingerprint density at radius 3 is 2.78 bits per heavy atom. The molecule has 0 radical (unpaired) electrons. The number of ketones is 2. The van der Waals surface area contributed by atoms with Gasteiger partial charge in [0.2, 0.25) is 0 Å².